The topological polar surface area (TPSA) is 89.6 Å². The zero-order valence-electron chi connectivity index (χ0n) is 19.8. The maximum absolute atomic E-state index is 13.2. The number of nitrogens with zero attached hydrogens (tertiary/aromatic N) is 3. The van der Waals surface area contributed by atoms with E-state index in [2.05, 4.69) is 38.4 Å². The van der Waals surface area contributed by atoms with Gasteiger partial charge in [0.2, 0.25) is 11.8 Å². The van der Waals surface area contributed by atoms with Crippen molar-refractivity contribution in [2.75, 3.05) is 26.2 Å². The van der Waals surface area contributed by atoms with Crippen LogP contribution in [0.1, 0.15) is 24.8 Å². The van der Waals surface area contributed by atoms with Crippen LogP contribution in [0.4, 0.5) is 0 Å². The number of hydrogen-bond donors (Lipinski definition) is 3. The zero-order chi connectivity index (χ0) is 23.8. The highest BCUT2D eigenvalue weighted by molar-refractivity contribution is 5.92. The van der Waals surface area contributed by atoms with Crippen molar-refractivity contribution in [2.45, 2.75) is 31.3 Å². The maximum Gasteiger partial charge on any atom is 0.246 e. The summed E-state index contributed by atoms with van der Waals surface area (Å²) in [5.74, 6) is 1.24. The second kappa shape index (κ2) is 9.53. The number of hydrazine groups is 2. The van der Waals surface area contributed by atoms with E-state index in [-0.39, 0.29) is 11.8 Å². The van der Waals surface area contributed by atoms with Crippen LogP contribution in [0.15, 0.2) is 54.9 Å². The van der Waals surface area contributed by atoms with Crippen molar-refractivity contribution in [3.8, 4) is 11.1 Å². The van der Waals surface area contributed by atoms with E-state index in [0.717, 1.165) is 62.1 Å². The van der Waals surface area contributed by atoms with E-state index in [4.69, 9.17) is 0 Å². The molecule has 4 heterocycles. The molecule has 35 heavy (non-hydrogen) atoms. The molecule has 8 heteroatoms. The highest BCUT2D eigenvalue weighted by Gasteiger charge is 2.45. The van der Waals surface area contributed by atoms with Gasteiger partial charge in [0.1, 0.15) is 0 Å². The fourth-order valence-corrected chi connectivity index (χ4v) is 6.16. The minimum atomic E-state index is 0.0549. The van der Waals surface area contributed by atoms with E-state index in [1.807, 2.05) is 41.4 Å². The Morgan fingerprint density at radius 2 is 1.63 bits per heavy atom. The lowest BCUT2D eigenvalue weighted by Gasteiger charge is -2.32. The van der Waals surface area contributed by atoms with Gasteiger partial charge in [0.25, 0.3) is 0 Å². The fourth-order valence-electron chi connectivity index (χ4n) is 6.16. The van der Waals surface area contributed by atoms with Crippen LogP contribution >= 0.6 is 0 Å². The third-order valence-corrected chi connectivity index (χ3v) is 8.15. The summed E-state index contributed by atoms with van der Waals surface area (Å²) < 4.78 is 0. The van der Waals surface area contributed by atoms with Crippen LogP contribution in [-0.2, 0) is 9.59 Å². The maximum atomic E-state index is 13.2. The molecule has 3 N–H and O–H groups in total. The van der Waals surface area contributed by atoms with Crippen LogP contribution in [0.25, 0.3) is 17.2 Å². The second-order valence-electron chi connectivity index (χ2n) is 10.3. The van der Waals surface area contributed by atoms with Gasteiger partial charge in [-0.3, -0.25) is 14.6 Å². The molecule has 6 rings (SSSR count). The summed E-state index contributed by atoms with van der Waals surface area (Å²) in [5.41, 5.74) is 12.7. The molecule has 4 aliphatic rings. The summed E-state index contributed by atoms with van der Waals surface area (Å²) in [6.07, 6.45) is 10.0. The molecule has 3 unspecified atom stereocenters. The molecule has 2 aromatic rings. The number of likely N-dealkylation sites (tertiary alicyclic amines) is 2. The summed E-state index contributed by atoms with van der Waals surface area (Å²) in [7, 11) is 0. The van der Waals surface area contributed by atoms with Crippen LogP contribution in [0.5, 0.6) is 0 Å². The van der Waals surface area contributed by atoms with Gasteiger partial charge in [-0.05, 0) is 48.1 Å². The van der Waals surface area contributed by atoms with Gasteiger partial charge in [-0.15, -0.1) is 0 Å². The lowest BCUT2D eigenvalue weighted by molar-refractivity contribution is -0.136. The molecule has 1 aliphatic carbocycles. The van der Waals surface area contributed by atoms with Crippen LogP contribution in [0.3, 0.4) is 0 Å². The molecule has 1 aromatic carbocycles. The molecule has 0 bridgehead atoms. The second-order valence-corrected chi connectivity index (χ2v) is 10.3. The molecule has 1 aromatic heterocycles. The van der Waals surface area contributed by atoms with Gasteiger partial charge in [-0.2, -0.15) is 5.53 Å². The van der Waals surface area contributed by atoms with Crippen molar-refractivity contribution in [1.29, 1.82) is 0 Å². The smallest absolute Gasteiger partial charge is 0.246 e. The van der Waals surface area contributed by atoms with E-state index in [1.54, 1.807) is 12.3 Å². The van der Waals surface area contributed by atoms with Crippen LogP contribution in [0, 0.1) is 17.8 Å². The molecule has 8 nitrogen and oxygen atoms in total. The van der Waals surface area contributed by atoms with Gasteiger partial charge >= 0.3 is 0 Å². The van der Waals surface area contributed by atoms with Gasteiger partial charge in [-0.25, -0.2) is 10.9 Å². The number of benzene rings is 1. The number of carbonyl (C=O) groups excluding carboxylic acids is 2. The van der Waals surface area contributed by atoms with Crippen LogP contribution < -0.4 is 16.4 Å². The first-order valence-corrected chi connectivity index (χ1v) is 12.7. The largest absolute Gasteiger partial charge is 0.342 e. The van der Waals surface area contributed by atoms with Gasteiger partial charge < -0.3 is 9.80 Å². The summed E-state index contributed by atoms with van der Waals surface area (Å²) in [6.45, 7) is 3.04. The zero-order valence-corrected chi connectivity index (χ0v) is 19.8. The minimum absolute atomic E-state index is 0.0549. The van der Waals surface area contributed by atoms with Gasteiger partial charge in [0.15, 0.2) is 0 Å². The number of fused-ring (bicyclic) bond motifs is 2. The third kappa shape index (κ3) is 4.61. The first-order chi connectivity index (χ1) is 17.1. The molecule has 3 aliphatic heterocycles. The van der Waals surface area contributed by atoms with E-state index in [9.17, 15) is 9.59 Å². The summed E-state index contributed by atoms with van der Waals surface area (Å²) in [5, 5.41) is 0. The van der Waals surface area contributed by atoms with Crippen molar-refractivity contribution in [2.24, 2.45) is 17.8 Å². The Labute approximate surface area is 205 Å². The number of aromatic nitrogens is 1. The Morgan fingerprint density at radius 1 is 0.886 bits per heavy atom. The third-order valence-electron chi connectivity index (χ3n) is 8.15. The SMILES string of the molecule is O=C(/C=C/c1ccc(-c2cccnc2)cc1)N1C[C@@H]2CN(C(=O)C3CCC4NNNC4C3)C[C@H]2C1. The van der Waals surface area contributed by atoms with Gasteiger partial charge in [0.05, 0.1) is 0 Å². The number of pyridine rings is 1. The lowest BCUT2D eigenvalue weighted by atomic mass is 9.82. The standard InChI is InChI=1S/C27H32N6O2/c34-26(10-5-18-3-6-19(7-4-18)21-2-1-11-28-13-21)32-14-22-16-33(17-23(22)15-32)27(35)20-8-9-24-25(12-20)30-31-29-24/h1-7,10-11,13,20,22-25,29-31H,8-9,12,14-17H2/b10-5+/t20?,22-,23-,24?,25?/m1/s1. The Hall–Kier alpha value is -3.07. The Morgan fingerprint density at radius 3 is 2.37 bits per heavy atom. The average Bonchev–Trinajstić information content (AvgIpc) is 3.62. The van der Waals surface area contributed by atoms with E-state index < -0.39 is 0 Å². The van der Waals surface area contributed by atoms with Crippen LogP contribution in [-0.4, -0.2) is 64.9 Å². The number of rotatable bonds is 4. The first kappa shape index (κ1) is 22.4. The fraction of sp³-hybridized carbons (Fsp3) is 0.444. The molecule has 2 amide bonds. The van der Waals surface area contributed by atoms with Crippen LogP contribution in [0.2, 0.25) is 0 Å². The highest BCUT2D eigenvalue weighted by atomic mass is 16.2. The highest BCUT2D eigenvalue weighted by Crippen LogP contribution is 2.34. The average molecular weight is 473 g/mol. The first-order valence-electron chi connectivity index (χ1n) is 12.7. The molecular formula is C27H32N6O2. The monoisotopic (exact) mass is 472 g/mol. The van der Waals surface area contributed by atoms with E-state index in [1.165, 1.54) is 0 Å². The number of amides is 2. The van der Waals surface area contributed by atoms with Crippen molar-refractivity contribution in [3.63, 3.8) is 0 Å². The molecule has 1 saturated carbocycles. The van der Waals surface area contributed by atoms with E-state index in [0.29, 0.717) is 29.8 Å². The summed E-state index contributed by atoms with van der Waals surface area (Å²) in [6, 6.07) is 12.9. The lowest BCUT2D eigenvalue weighted by Crippen LogP contribution is -2.45. The molecule has 0 radical (unpaired) electrons. The Kier molecular flexibility index (Phi) is 6.10. The Balaban J connectivity index is 1.00. The predicted octanol–water partition coefficient (Wildman–Crippen LogP) is 1.83. The molecule has 4 fully saturated rings. The van der Waals surface area contributed by atoms with Crippen molar-refractivity contribution in [3.05, 3.63) is 60.4 Å². The van der Waals surface area contributed by atoms with Gasteiger partial charge in [-0.1, -0.05) is 30.3 Å². The van der Waals surface area contributed by atoms with Crippen molar-refractivity contribution < 1.29 is 9.59 Å². The van der Waals surface area contributed by atoms with Crippen molar-refractivity contribution in [1.82, 2.24) is 31.2 Å². The number of nitrogens with one attached hydrogen (secondary N) is 3. The summed E-state index contributed by atoms with van der Waals surface area (Å²) in [4.78, 5) is 34.2. The van der Waals surface area contributed by atoms with E-state index >= 15 is 0 Å². The molecule has 3 saturated heterocycles. The normalized spacial score (nSPS) is 30.0. The molecule has 0 spiro atoms. The summed E-state index contributed by atoms with van der Waals surface area (Å²) >= 11 is 0. The molecule has 182 valence electrons. The van der Waals surface area contributed by atoms with Gasteiger partial charge in [0, 0.05) is 74.5 Å². The predicted molar refractivity (Wildman–Crippen MR) is 133 cm³/mol. The molecule has 5 atom stereocenters. The molecular weight excluding hydrogens is 440 g/mol. The van der Waals surface area contributed by atoms with Crippen molar-refractivity contribution >= 4 is 17.9 Å². The Bertz CT molecular complexity index is 1090. The number of hydrogen-bond acceptors (Lipinski definition) is 6. The number of carbonyl (C=O) groups is 2. The minimum Gasteiger partial charge on any atom is -0.342 e. The quantitative estimate of drug-likeness (QED) is 0.589.